The van der Waals surface area contributed by atoms with Crippen molar-refractivity contribution in [2.24, 2.45) is 4.99 Å². The van der Waals surface area contributed by atoms with Crippen LogP contribution < -0.4 is 10.6 Å². The molecule has 0 radical (unpaired) electrons. The van der Waals surface area contributed by atoms with Crippen molar-refractivity contribution in [2.45, 2.75) is 26.3 Å². The highest BCUT2D eigenvalue weighted by atomic mass is 32.1. The molecule has 1 saturated heterocycles. The third-order valence-corrected chi connectivity index (χ3v) is 6.28. The number of rotatable bonds is 5. The summed E-state index contributed by atoms with van der Waals surface area (Å²) in [6.07, 6.45) is 8.26. The van der Waals surface area contributed by atoms with Crippen LogP contribution in [0.15, 0.2) is 35.6 Å². The van der Waals surface area contributed by atoms with Crippen molar-refractivity contribution in [3.63, 3.8) is 0 Å². The molecule has 3 aromatic rings. The van der Waals surface area contributed by atoms with E-state index in [1.54, 1.807) is 11.3 Å². The molecule has 7 nitrogen and oxygen atoms in total. The molecule has 5 heterocycles. The van der Waals surface area contributed by atoms with E-state index in [9.17, 15) is 0 Å². The number of nitrogens with zero attached hydrogens (tertiary/aromatic N) is 5. The molecule has 0 atom stereocenters. The minimum Gasteiger partial charge on any atom is -0.372 e. The van der Waals surface area contributed by atoms with Crippen LogP contribution in [0.4, 0.5) is 11.6 Å². The Hall–Kier alpha value is -2.84. The lowest BCUT2D eigenvalue weighted by molar-refractivity contribution is 0.326. The summed E-state index contributed by atoms with van der Waals surface area (Å²) in [7, 11) is 0. The number of anilines is 2. The van der Waals surface area contributed by atoms with Gasteiger partial charge in [-0.1, -0.05) is 6.07 Å². The van der Waals surface area contributed by atoms with Crippen LogP contribution in [0.1, 0.15) is 29.1 Å². The first-order valence-electron chi connectivity index (χ1n) is 9.91. The van der Waals surface area contributed by atoms with Gasteiger partial charge in [-0.25, -0.2) is 15.0 Å². The predicted octanol–water partition coefficient (Wildman–Crippen LogP) is 3.71. The van der Waals surface area contributed by atoms with E-state index < -0.39 is 0 Å². The highest BCUT2D eigenvalue weighted by Gasteiger charge is 2.15. The Morgan fingerprint density at radius 3 is 2.90 bits per heavy atom. The maximum absolute atomic E-state index is 4.84. The van der Waals surface area contributed by atoms with E-state index in [4.69, 9.17) is 9.97 Å². The Bertz CT molecular complexity index is 1100. The van der Waals surface area contributed by atoms with Crippen molar-refractivity contribution < 1.29 is 0 Å². The van der Waals surface area contributed by atoms with Gasteiger partial charge in [-0.15, -0.1) is 11.3 Å². The summed E-state index contributed by atoms with van der Waals surface area (Å²) in [5, 5.41) is 7.41. The summed E-state index contributed by atoms with van der Waals surface area (Å²) in [5.74, 6) is 1.57. The molecule has 8 heteroatoms. The van der Waals surface area contributed by atoms with E-state index >= 15 is 0 Å². The first kappa shape index (κ1) is 18.2. The number of aryl methyl sites for hydroxylation is 1. The van der Waals surface area contributed by atoms with Gasteiger partial charge in [0, 0.05) is 36.8 Å². The van der Waals surface area contributed by atoms with Gasteiger partial charge in [-0.2, -0.15) is 0 Å². The number of thiazole rings is 1. The number of nitrogens with one attached hydrogen (secondary N) is 2. The van der Waals surface area contributed by atoms with Gasteiger partial charge in [0.1, 0.15) is 23.3 Å². The van der Waals surface area contributed by atoms with Crippen LogP contribution in [-0.4, -0.2) is 45.8 Å². The number of allylic oxidation sites excluding steroid dienone is 1. The monoisotopic (exact) mass is 405 g/mol. The number of aromatic nitrogens is 3. The van der Waals surface area contributed by atoms with Gasteiger partial charge in [0.05, 0.1) is 15.9 Å². The molecular weight excluding hydrogens is 382 g/mol. The topological polar surface area (TPSA) is 78.3 Å². The van der Waals surface area contributed by atoms with E-state index in [-0.39, 0.29) is 0 Å². The molecule has 0 amide bonds. The van der Waals surface area contributed by atoms with Gasteiger partial charge in [-0.05, 0) is 44.5 Å². The van der Waals surface area contributed by atoms with Crippen molar-refractivity contribution in [3.8, 4) is 0 Å². The average molecular weight is 406 g/mol. The van der Waals surface area contributed by atoms with Crippen LogP contribution in [0.5, 0.6) is 0 Å². The zero-order valence-electron chi connectivity index (χ0n) is 16.4. The van der Waals surface area contributed by atoms with Crippen molar-refractivity contribution in [1.82, 2.24) is 25.2 Å². The molecule has 3 aromatic heterocycles. The zero-order chi connectivity index (χ0) is 19.6. The molecule has 148 valence electrons. The maximum atomic E-state index is 4.84. The van der Waals surface area contributed by atoms with Gasteiger partial charge in [-0.3, -0.25) is 9.89 Å². The van der Waals surface area contributed by atoms with E-state index in [1.165, 1.54) is 31.5 Å². The standard InChI is InChI=1S/C21H23N7S/c1-14-4-5-19(25-17(14)12-28-6-2-3-7-28)27-20-8-16-18(11-24-20)29-21(26-16)15-9-22-13-23-10-15/h4-5,8-11,22H,2-3,6-7,12-13H2,1H3,(H,24,25,27). The van der Waals surface area contributed by atoms with Gasteiger partial charge in [0.2, 0.25) is 0 Å². The van der Waals surface area contributed by atoms with Crippen molar-refractivity contribution in [3.05, 3.63) is 46.9 Å². The molecule has 5 rings (SSSR count). The smallest absolute Gasteiger partial charge is 0.133 e. The Morgan fingerprint density at radius 2 is 2.07 bits per heavy atom. The molecule has 29 heavy (non-hydrogen) atoms. The van der Waals surface area contributed by atoms with Gasteiger partial charge in [0.25, 0.3) is 0 Å². The predicted molar refractivity (Wildman–Crippen MR) is 119 cm³/mol. The second-order valence-corrected chi connectivity index (χ2v) is 8.43. The summed E-state index contributed by atoms with van der Waals surface area (Å²) >= 11 is 1.62. The molecule has 0 spiro atoms. The normalized spacial score (nSPS) is 16.8. The maximum Gasteiger partial charge on any atom is 0.133 e. The first-order valence-corrected chi connectivity index (χ1v) is 10.7. The molecule has 0 bridgehead atoms. The number of aliphatic imine (C=N–C) groups is 1. The average Bonchev–Trinajstić information content (AvgIpc) is 3.40. The van der Waals surface area contributed by atoms with Gasteiger partial charge in [0.15, 0.2) is 0 Å². The Labute approximate surface area is 173 Å². The molecule has 2 aliphatic rings. The minimum atomic E-state index is 0.618. The van der Waals surface area contributed by atoms with Crippen molar-refractivity contribution in [2.75, 3.05) is 25.1 Å². The SMILES string of the molecule is Cc1ccc(Nc2cc3nc(C4=CNCN=C4)sc3cn2)nc1CN1CCCC1. The molecule has 0 aliphatic carbocycles. The summed E-state index contributed by atoms with van der Waals surface area (Å²) in [4.78, 5) is 20.9. The highest BCUT2D eigenvalue weighted by Crippen LogP contribution is 2.28. The number of hydrogen-bond acceptors (Lipinski definition) is 8. The molecule has 0 unspecified atom stereocenters. The van der Waals surface area contributed by atoms with Crippen LogP contribution in [-0.2, 0) is 6.54 Å². The van der Waals surface area contributed by atoms with Crippen LogP contribution in [0.25, 0.3) is 15.8 Å². The summed E-state index contributed by atoms with van der Waals surface area (Å²) in [6.45, 7) is 5.99. The Morgan fingerprint density at radius 1 is 1.17 bits per heavy atom. The fraction of sp³-hybridized carbons (Fsp3) is 0.333. The van der Waals surface area contributed by atoms with Gasteiger partial charge >= 0.3 is 0 Å². The van der Waals surface area contributed by atoms with E-state index in [2.05, 4.69) is 38.5 Å². The quantitative estimate of drug-likeness (QED) is 0.674. The number of likely N-dealkylation sites (tertiary alicyclic amines) is 1. The van der Waals surface area contributed by atoms with E-state index in [1.807, 2.05) is 30.7 Å². The zero-order valence-corrected chi connectivity index (χ0v) is 17.2. The van der Waals surface area contributed by atoms with Crippen LogP contribution in [0.2, 0.25) is 0 Å². The summed E-state index contributed by atoms with van der Waals surface area (Å²) in [6, 6.07) is 6.11. The lowest BCUT2D eigenvalue weighted by atomic mass is 10.2. The van der Waals surface area contributed by atoms with E-state index in [0.29, 0.717) is 6.67 Å². The van der Waals surface area contributed by atoms with Crippen molar-refractivity contribution in [1.29, 1.82) is 0 Å². The van der Waals surface area contributed by atoms with Crippen LogP contribution in [0.3, 0.4) is 0 Å². The van der Waals surface area contributed by atoms with Crippen LogP contribution in [0, 0.1) is 6.92 Å². The first-order chi connectivity index (χ1) is 14.2. The van der Waals surface area contributed by atoms with Crippen LogP contribution >= 0.6 is 11.3 Å². The lowest BCUT2D eigenvalue weighted by Crippen LogP contribution is -2.20. The fourth-order valence-corrected chi connectivity index (χ4v) is 4.51. The third kappa shape index (κ3) is 3.99. The molecule has 1 fully saturated rings. The number of fused-ring (bicyclic) bond motifs is 1. The summed E-state index contributed by atoms with van der Waals surface area (Å²) in [5.41, 5.74) is 4.28. The third-order valence-electron chi connectivity index (χ3n) is 5.22. The second-order valence-electron chi connectivity index (χ2n) is 7.40. The largest absolute Gasteiger partial charge is 0.372 e. The van der Waals surface area contributed by atoms with E-state index in [0.717, 1.165) is 44.7 Å². The highest BCUT2D eigenvalue weighted by molar-refractivity contribution is 7.19. The number of hydrogen-bond donors (Lipinski definition) is 2. The molecule has 0 aromatic carbocycles. The molecule has 2 aliphatic heterocycles. The molecule has 0 saturated carbocycles. The lowest BCUT2D eigenvalue weighted by Gasteiger charge is -2.16. The minimum absolute atomic E-state index is 0.618. The Balaban J connectivity index is 1.37. The Kier molecular flexibility index (Phi) is 4.95. The fourth-order valence-electron chi connectivity index (χ4n) is 3.62. The summed E-state index contributed by atoms with van der Waals surface area (Å²) < 4.78 is 1.05. The van der Waals surface area contributed by atoms with Crippen molar-refractivity contribution >= 4 is 45.0 Å². The molecule has 2 N–H and O–H groups in total. The number of pyridine rings is 2. The second kappa shape index (κ2) is 7.88. The molecular formula is C21H23N7S. The van der Waals surface area contributed by atoms with Gasteiger partial charge < -0.3 is 10.6 Å².